The van der Waals surface area contributed by atoms with E-state index in [0.29, 0.717) is 6.04 Å². The Morgan fingerprint density at radius 1 is 1.35 bits per heavy atom. The van der Waals surface area contributed by atoms with E-state index in [1.165, 1.54) is 10.9 Å². The van der Waals surface area contributed by atoms with Gasteiger partial charge in [-0.1, -0.05) is 12.1 Å². The number of thiophene rings is 1. The van der Waals surface area contributed by atoms with Gasteiger partial charge < -0.3 is 5.32 Å². The van der Waals surface area contributed by atoms with E-state index in [2.05, 4.69) is 29.8 Å². The lowest BCUT2D eigenvalue weighted by molar-refractivity contribution is 0.578. The van der Waals surface area contributed by atoms with E-state index in [-0.39, 0.29) is 5.82 Å². The largest absolute Gasteiger partial charge is 0.305 e. The highest BCUT2D eigenvalue weighted by Gasteiger charge is 2.06. The molecule has 2 aromatic rings. The first-order chi connectivity index (χ1) is 8.16. The van der Waals surface area contributed by atoms with Gasteiger partial charge in [-0.2, -0.15) is 0 Å². The van der Waals surface area contributed by atoms with Crippen LogP contribution in [0.1, 0.15) is 29.0 Å². The van der Waals surface area contributed by atoms with E-state index in [1.807, 2.05) is 13.0 Å². The molecular weight excluding hydrogens is 233 g/mol. The highest BCUT2D eigenvalue weighted by atomic mass is 32.1. The number of hydrogen-bond acceptors (Lipinski definition) is 2. The maximum atomic E-state index is 13.0. The van der Waals surface area contributed by atoms with Crippen molar-refractivity contribution >= 4 is 11.3 Å². The number of nitrogens with one attached hydrogen (secondary N) is 1. The molecule has 1 heterocycles. The van der Waals surface area contributed by atoms with Crippen molar-refractivity contribution < 1.29 is 4.39 Å². The highest BCUT2D eigenvalue weighted by Crippen LogP contribution is 2.19. The van der Waals surface area contributed by atoms with Crippen molar-refractivity contribution in [2.75, 3.05) is 0 Å². The molecule has 1 aromatic carbocycles. The molecule has 1 atom stereocenters. The fraction of sp³-hybridized carbons (Fsp3) is 0.286. The topological polar surface area (TPSA) is 12.0 Å². The van der Waals surface area contributed by atoms with E-state index >= 15 is 0 Å². The molecule has 3 heteroatoms. The summed E-state index contributed by atoms with van der Waals surface area (Å²) >= 11 is 1.75. The number of aryl methyl sites for hydroxylation is 1. The average Bonchev–Trinajstić information content (AvgIpc) is 2.81. The van der Waals surface area contributed by atoms with Gasteiger partial charge in [0.2, 0.25) is 0 Å². The second kappa shape index (κ2) is 5.43. The fourth-order valence-corrected chi connectivity index (χ4v) is 2.52. The van der Waals surface area contributed by atoms with Gasteiger partial charge in [-0.3, -0.25) is 0 Å². The Morgan fingerprint density at radius 2 is 2.18 bits per heavy atom. The first-order valence-electron chi connectivity index (χ1n) is 5.68. The zero-order valence-electron chi connectivity index (χ0n) is 10.0. The quantitative estimate of drug-likeness (QED) is 0.862. The summed E-state index contributed by atoms with van der Waals surface area (Å²) in [6.07, 6.45) is 0. The van der Waals surface area contributed by atoms with Crippen LogP contribution in [0.4, 0.5) is 4.39 Å². The van der Waals surface area contributed by atoms with Crippen LogP contribution in [0.5, 0.6) is 0 Å². The molecule has 2 rings (SSSR count). The van der Waals surface area contributed by atoms with Gasteiger partial charge >= 0.3 is 0 Å². The summed E-state index contributed by atoms with van der Waals surface area (Å²) in [6.45, 7) is 4.85. The maximum absolute atomic E-state index is 13.0. The van der Waals surface area contributed by atoms with E-state index < -0.39 is 0 Å². The monoisotopic (exact) mass is 249 g/mol. The SMILES string of the molecule is Cc1cc(F)ccc1CN[C@@H](C)c1cccs1. The normalized spacial score (nSPS) is 12.6. The van der Waals surface area contributed by atoms with Gasteiger partial charge in [0, 0.05) is 17.5 Å². The molecule has 0 radical (unpaired) electrons. The third-order valence-corrected chi connectivity index (χ3v) is 3.93. The minimum absolute atomic E-state index is 0.169. The summed E-state index contributed by atoms with van der Waals surface area (Å²) in [5.41, 5.74) is 2.14. The van der Waals surface area contributed by atoms with Gasteiger partial charge in [-0.05, 0) is 48.6 Å². The lowest BCUT2D eigenvalue weighted by atomic mass is 10.1. The molecule has 1 aromatic heterocycles. The Kier molecular flexibility index (Phi) is 3.92. The Balaban J connectivity index is 1.98. The Hall–Kier alpha value is -1.19. The zero-order valence-corrected chi connectivity index (χ0v) is 10.9. The molecule has 1 N–H and O–H groups in total. The van der Waals surface area contributed by atoms with Crippen LogP contribution in [-0.2, 0) is 6.54 Å². The number of benzene rings is 1. The predicted octanol–water partition coefficient (Wildman–Crippen LogP) is 4.05. The molecular formula is C14H16FNS. The molecule has 0 bridgehead atoms. The molecule has 0 saturated carbocycles. The summed E-state index contributed by atoms with van der Waals surface area (Å²) in [7, 11) is 0. The van der Waals surface area contributed by atoms with Gasteiger partial charge in [0.15, 0.2) is 0 Å². The van der Waals surface area contributed by atoms with E-state index in [1.54, 1.807) is 17.4 Å². The minimum Gasteiger partial charge on any atom is -0.305 e. The van der Waals surface area contributed by atoms with Gasteiger partial charge in [-0.25, -0.2) is 4.39 Å². The smallest absolute Gasteiger partial charge is 0.123 e. The van der Waals surface area contributed by atoms with Crippen molar-refractivity contribution in [2.45, 2.75) is 26.4 Å². The molecule has 0 amide bonds. The summed E-state index contributed by atoms with van der Waals surface area (Å²) in [5, 5.41) is 5.53. The van der Waals surface area contributed by atoms with E-state index in [9.17, 15) is 4.39 Å². The van der Waals surface area contributed by atoms with Crippen molar-refractivity contribution in [3.8, 4) is 0 Å². The second-order valence-electron chi connectivity index (χ2n) is 4.19. The van der Waals surface area contributed by atoms with Gasteiger partial charge in [0.1, 0.15) is 5.82 Å². The van der Waals surface area contributed by atoms with Crippen LogP contribution in [0.25, 0.3) is 0 Å². The fourth-order valence-electron chi connectivity index (χ4n) is 1.76. The molecule has 17 heavy (non-hydrogen) atoms. The van der Waals surface area contributed by atoms with Crippen LogP contribution in [0.2, 0.25) is 0 Å². The molecule has 0 fully saturated rings. The number of halogens is 1. The van der Waals surface area contributed by atoms with Gasteiger partial charge in [0.25, 0.3) is 0 Å². The lowest BCUT2D eigenvalue weighted by Crippen LogP contribution is -2.17. The second-order valence-corrected chi connectivity index (χ2v) is 5.17. The number of hydrogen-bond donors (Lipinski definition) is 1. The lowest BCUT2D eigenvalue weighted by Gasteiger charge is -2.13. The van der Waals surface area contributed by atoms with Crippen LogP contribution in [0, 0.1) is 12.7 Å². The summed E-state index contributed by atoms with van der Waals surface area (Å²) in [4.78, 5) is 1.32. The molecule has 0 saturated heterocycles. The molecule has 1 nitrogen and oxygen atoms in total. The predicted molar refractivity (Wildman–Crippen MR) is 70.7 cm³/mol. The molecule has 0 aliphatic heterocycles. The first-order valence-corrected chi connectivity index (χ1v) is 6.56. The van der Waals surface area contributed by atoms with Crippen molar-refractivity contribution in [1.29, 1.82) is 0 Å². The Bertz CT molecular complexity index is 479. The summed E-state index contributed by atoms with van der Waals surface area (Å²) < 4.78 is 13.0. The van der Waals surface area contributed by atoms with Crippen molar-refractivity contribution in [2.24, 2.45) is 0 Å². The average molecular weight is 249 g/mol. The van der Waals surface area contributed by atoms with Crippen LogP contribution in [-0.4, -0.2) is 0 Å². The van der Waals surface area contributed by atoms with Crippen LogP contribution < -0.4 is 5.32 Å². The van der Waals surface area contributed by atoms with Crippen LogP contribution in [0.15, 0.2) is 35.7 Å². The first kappa shape index (κ1) is 12.3. The van der Waals surface area contributed by atoms with Crippen molar-refractivity contribution in [1.82, 2.24) is 5.32 Å². The van der Waals surface area contributed by atoms with Crippen LogP contribution in [0.3, 0.4) is 0 Å². The molecule has 0 aliphatic rings. The van der Waals surface area contributed by atoms with Crippen LogP contribution >= 0.6 is 11.3 Å². The maximum Gasteiger partial charge on any atom is 0.123 e. The minimum atomic E-state index is -0.169. The molecule has 0 unspecified atom stereocenters. The molecule has 0 aliphatic carbocycles. The van der Waals surface area contributed by atoms with Gasteiger partial charge in [-0.15, -0.1) is 11.3 Å². The Morgan fingerprint density at radius 3 is 2.82 bits per heavy atom. The number of rotatable bonds is 4. The summed E-state index contributed by atoms with van der Waals surface area (Å²) in [6, 6.07) is 9.45. The standard InChI is InChI=1S/C14H16FNS/c1-10-8-13(15)6-5-12(10)9-16-11(2)14-4-3-7-17-14/h3-8,11,16H,9H2,1-2H3/t11-/m0/s1. The van der Waals surface area contributed by atoms with Crippen molar-refractivity contribution in [3.63, 3.8) is 0 Å². The van der Waals surface area contributed by atoms with E-state index in [0.717, 1.165) is 17.7 Å². The highest BCUT2D eigenvalue weighted by molar-refractivity contribution is 7.10. The van der Waals surface area contributed by atoms with Crippen molar-refractivity contribution in [3.05, 3.63) is 57.5 Å². The molecule has 0 spiro atoms. The van der Waals surface area contributed by atoms with Gasteiger partial charge in [0.05, 0.1) is 0 Å². The third kappa shape index (κ3) is 3.14. The zero-order chi connectivity index (χ0) is 12.3. The molecule has 90 valence electrons. The Labute approximate surface area is 105 Å². The summed E-state index contributed by atoms with van der Waals surface area (Å²) in [5.74, 6) is -0.169. The third-order valence-electron chi connectivity index (χ3n) is 2.87. The van der Waals surface area contributed by atoms with E-state index in [4.69, 9.17) is 0 Å².